The van der Waals surface area contributed by atoms with E-state index in [9.17, 15) is 4.79 Å². The number of aryl methyl sites for hydroxylation is 1. The molecule has 136 valence electrons. The molecule has 0 bridgehead atoms. The van der Waals surface area contributed by atoms with Gasteiger partial charge in [0, 0.05) is 39.6 Å². The molecule has 1 aromatic heterocycles. The number of anilines is 1. The molecule has 0 radical (unpaired) electrons. The van der Waals surface area contributed by atoms with Gasteiger partial charge < -0.3 is 9.88 Å². The summed E-state index contributed by atoms with van der Waals surface area (Å²) in [5, 5.41) is 6.48. The van der Waals surface area contributed by atoms with Gasteiger partial charge in [-0.15, -0.1) is 11.8 Å². The van der Waals surface area contributed by atoms with Crippen molar-refractivity contribution in [3.05, 3.63) is 72.9 Å². The highest BCUT2D eigenvalue weighted by Crippen LogP contribution is 2.30. The normalized spacial score (nSPS) is 11.1. The minimum Gasteiger partial charge on any atom is -0.346 e. The number of hydrogen-bond acceptors (Lipinski definition) is 2. The van der Waals surface area contributed by atoms with Crippen molar-refractivity contribution >= 4 is 45.0 Å². The molecular formula is C23H22N2OS. The molecule has 0 unspecified atom stereocenters. The number of aromatic nitrogens is 1. The second-order valence-corrected chi connectivity index (χ2v) is 7.58. The van der Waals surface area contributed by atoms with Crippen LogP contribution < -0.4 is 5.32 Å². The average Bonchev–Trinajstić information content (AvgIpc) is 3.05. The second kappa shape index (κ2) is 7.89. The van der Waals surface area contributed by atoms with E-state index in [2.05, 4.69) is 59.4 Å². The number of carbonyl (C=O) groups is 1. The largest absolute Gasteiger partial charge is 0.346 e. The Bertz CT molecular complexity index is 1090. The first-order chi connectivity index (χ1) is 13.3. The van der Waals surface area contributed by atoms with Crippen molar-refractivity contribution < 1.29 is 4.79 Å². The van der Waals surface area contributed by atoms with Crippen molar-refractivity contribution in [2.24, 2.45) is 0 Å². The maximum Gasteiger partial charge on any atom is 0.234 e. The lowest BCUT2D eigenvalue weighted by atomic mass is 10.1. The van der Waals surface area contributed by atoms with Gasteiger partial charge in [0.25, 0.3) is 0 Å². The van der Waals surface area contributed by atoms with Crippen LogP contribution in [0.15, 0.2) is 77.8 Å². The molecule has 4 heteroatoms. The molecule has 3 aromatic carbocycles. The molecule has 0 aliphatic carbocycles. The van der Waals surface area contributed by atoms with E-state index in [1.165, 1.54) is 10.9 Å². The molecule has 4 aromatic rings. The first-order valence-electron chi connectivity index (χ1n) is 9.24. The summed E-state index contributed by atoms with van der Waals surface area (Å²) < 4.78 is 2.28. The third kappa shape index (κ3) is 3.71. The number of thioether (sulfide) groups is 1. The molecule has 4 rings (SSSR count). The average molecular weight is 375 g/mol. The van der Waals surface area contributed by atoms with E-state index < -0.39 is 0 Å². The summed E-state index contributed by atoms with van der Waals surface area (Å²) in [6.45, 7) is 3.17. The highest BCUT2D eigenvalue weighted by Gasteiger charge is 2.11. The van der Waals surface area contributed by atoms with Crippen LogP contribution in [0.25, 0.3) is 21.7 Å². The van der Waals surface area contributed by atoms with E-state index in [-0.39, 0.29) is 5.91 Å². The van der Waals surface area contributed by atoms with Gasteiger partial charge in [-0.3, -0.25) is 4.79 Å². The van der Waals surface area contributed by atoms with Crippen molar-refractivity contribution in [3.8, 4) is 0 Å². The predicted octanol–water partition coefficient (Wildman–Crippen LogP) is 5.94. The van der Waals surface area contributed by atoms with Crippen LogP contribution >= 0.6 is 11.8 Å². The van der Waals surface area contributed by atoms with Crippen LogP contribution in [0.5, 0.6) is 0 Å². The first-order valence-corrected chi connectivity index (χ1v) is 10.2. The van der Waals surface area contributed by atoms with Crippen molar-refractivity contribution in [3.63, 3.8) is 0 Å². The summed E-state index contributed by atoms with van der Waals surface area (Å²) in [5.74, 6) is 0.410. The van der Waals surface area contributed by atoms with Crippen LogP contribution in [0.1, 0.15) is 13.3 Å². The highest BCUT2D eigenvalue weighted by molar-refractivity contribution is 8.00. The van der Waals surface area contributed by atoms with Crippen LogP contribution in [0, 0.1) is 0 Å². The molecule has 0 atom stereocenters. The molecule has 0 aliphatic heterocycles. The van der Waals surface area contributed by atoms with Gasteiger partial charge >= 0.3 is 0 Å². The monoisotopic (exact) mass is 374 g/mol. The number of hydrogen-bond donors (Lipinski definition) is 1. The zero-order valence-corrected chi connectivity index (χ0v) is 16.1. The number of rotatable bonds is 6. The second-order valence-electron chi connectivity index (χ2n) is 6.57. The van der Waals surface area contributed by atoms with Crippen molar-refractivity contribution in [2.45, 2.75) is 24.8 Å². The number of nitrogens with one attached hydrogen (secondary N) is 1. The number of nitrogens with zero attached hydrogens (tertiary/aromatic N) is 1. The smallest absolute Gasteiger partial charge is 0.234 e. The molecule has 0 spiro atoms. The van der Waals surface area contributed by atoms with Crippen LogP contribution in [0.3, 0.4) is 0 Å². The van der Waals surface area contributed by atoms with Gasteiger partial charge in [-0.2, -0.15) is 0 Å². The summed E-state index contributed by atoms with van der Waals surface area (Å²) in [4.78, 5) is 13.7. The summed E-state index contributed by atoms with van der Waals surface area (Å²) in [6.07, 6.45) is 3.26. The Morgan fingerprint density at radius 3 is 2.56 bits per heavy atom. The number of fused-ring (bicyclic) bond motifs is 2. The van der Waals surface area contributed by atoms with Crippen molar-refractivity contribution in [1.82, 2.24) is 4.57 Å². The van der Waals surface area contributed by atoms with E-state index in [1.54, 1.807) is 11.8 Å². The Morgan fingerprint density at radius 2 is 1.70 bits per heavy atom. The molecule has 1 heterocycles. The Kier molecular flexibility index (Phi) is 5.16. The minimum absolute atomic E-state index is 0.0173. The standard InChI is InChI=1S/C23H22N2OS/c1-2-14-25-15-22(19-11-5-6-13-21(19)25)27-16-23(26)24-20-12-7-9-17-8-3-4-10-18(17)20/h3-13,15H,2,14,16H2,1H3,(H,24,26). The van der Waals surface area contributed by atoms with E-state index >= 15 is 0 Å². The highest BCUT2D eigenvalue weighted by atomic mass is 32.2. The van der Waals surface area contributed by atoms with Gasteiger partial charge in [0.2, 0.25) is 5.91 Å². The van der Waals surface area contributed by atoms with E-state index in [0.29, 0.717) is 5.75 Å². The van der Waals surface area contributed by atoms with Crippen LogP contribution in [0.2, 0.25) is 0 Å². The fourth-order valence-corrected chi connectivity index (χ4v) is 4.31. The molecule has 27 heavy (non-hydrogen) atoms. The van der Waals surface area contributed by atoms with E-state index in [1.807, 2.05) is 30.3 Å². The Morgan fingerprint density at radius 1 is 0.963 bits per heavy atom. The molecule has 3 nitrogen and oxygen atoms in total. The van der Waals surface area contributed by atoms with Crippen molar-refractivity contribution in [2.75, 3.05) is 11.1 Å². The van der Waals surface area contributed by atoms with E-state index in [4.69, 9.17) is 0 Å². The molecule has 0 fully saturated rings. The Labute approximate surface area is 163 Å². The lowest BCUT2D eigenvalue weighted by Gasteiger charge is -2.08. The number of amides is 1. The number of para-hydroxylation sites is 1. The lowest BCUT2D eigenvalue weighted by Crippen LogP contribution is -2.14. The fraction of sp³-hybridized carbons (Fsp3) is 0.174. The molecule has 0 saturated carbocycles. The van der Waals surface area contributed by atoms with E-state index in [0.717, 1.165) is 34.3 Å². The van der Waals surface area contributed by atoms with Crippen LogP contribution in [0.4, 0.5) is 5.69 Å². The fourth-order valence-electron chi connectivity index (χ4n) is 3.42. The first kappa shape index (κ1) is 17.7. The van der Waals surface area contributed by atoms with Crippen LogP contribution in [-0.2, 0) is 11.3 Å². The third-order valence-corrected chi connectivity index (χ3v) is 5.68. The zero-order valence-electron chi connectivity index (χ0n) is 15.3. The third-order valence-electron chi connectivity index (χ3n) is 4.64. The summed E-state index contributed by atoms with van der Waals surface area (Å²) in [5.41, 5.74) is 2.10. The lowest BCUT2D eigenvalue weighted by molar-refractivity contribution is -0.113. The Hall–Kier alpha value is -2.72. The maximum atomic E-state index is 12.6. The maximum absolute atomic E-state index is 12.6. The van der Waals surface area contributed by atoms with Gasteiger partial charge in [0.15, 0.2) is 0 Å². The van der Waals surface area contributed by atoms with Gasteiger partial charge in [0.1, 0.15) is 0 Å². The molecular weight excluding hydrogens is 352 g/mol. The summed E-state index contributed by atoms with van der Waals surface area (Å²) in [6, 6.07) is 22.5. The minimum atomic E-state index is 0.0173. The SMILES string of the molecule is CCCn1cc(SCC(=O)Nc2cccc3ccccc23)c2ccccc21. The topological polar surface area (TPSA) is 34.0 Å². The molecule has 0 saturated heterocycles. The molecule has 1 amide bonds. The van der Waals surface area contributed by atoms with Crippen molar-refractivity contribution in [1.29, 1.82) is 0 Å². The predicted molar refractivity (Wildman–Crippen MR) is 116 cm³/mol. The Balaban J connectivity index is 1.50. The summed E-state index contributed by atoms with van der Waals surface area (Å²) in [7, 11) is 0. The van der Waals surface area contributed by atoms with Gasteiger partial charge in [-0.25, -0.2) is 0 Å². The zero-order chi connectivity index (χ0) is 18.6. The summed E-state index contributed by atoms with van der Waals surface area (Å²) >= 11 is 1.60. The van der Waals surface area contributed by atoms with Gasteiger partial charge in [0.05, 0.1) is 5.75 Å². The van der Waals surface area contributed by atoms with Crippen LogP contribution in [-0.4, -0.2) is 16.2 Å². The van der Waals surface area contributed by atoms with Gasteiger partial charge in [-0.05, 0) is 23.9 Å². The van der Waals surface area contributed by atoms with Gasteiger partial charge in [-0.1, -0.05) is 61.5 Å². The number of benzene rings is 3. The quantitative estimate of drug-likeness (QED) is 0.424. The molecule has 1 N–H and O–H groups in total. The number of carbonyl (C=O) groups excluding carboxylic acids is 1. The molecule has 0 aliphatic rings.